The molecule has 24 heavy (non-hydrogen) atoms. The van der Waals surface area contributed by atoms with Gasteiger partial charge in [0.15, 0.2) is 12.4 Å². The number of hydrogen-bond acceptors (Lipinski definition) is 1. The van der Waals surface area contributed by atoms with Gasteiger partial charge in [-0.3, -0.25) is 0 Å². The van der Waals surface area contributed by atoms with Gasteiger partial charge in [0.2, 0.25) is 5.52 Å². The van der Waals surface area contributed by atoms with Crippen LogP contribution in [0.15, 0.2) is 43.1 Å². The second-order valence-corrected chi connectivity index (χ2v) is 7.15. The lowest BCUT2D eigenvalue weighted by Gasteiger charge is -2.47. The molecule has 1 aromatic carbocycles. The maximum atomic E-state index is 15.6. The van der Waals surface area contributed by atoms with Crippen molar-refractivity contribution in [1.82, 2.24) is 0 Å². The first-order valence-electron chi connectivity index (χ1n) is 8.81. The van der Waals surface area contributed by atoms with E-state index in [4.69, 9.17) is 4.74 Å². The van der Waals surface area contributed by atoms with Crippen molar-refractivity contribution >= 4 is 10.9 Å². The first-order chi connectivity index (χ1) is 11.7. The molecule has 0 radical (unpaired) electrons. The molecule has 0 amide bonds. The summed E-state index contributed by atoms with van der Waals surface area (Å²) in [7, 11) is 1.64. The van der Waals surface area contributed by atoms with Crippen molar-refractivity contribution in [3.05, 3.63) is 48.7 Å². The minimum Gasteiger partial charge on any atom is -0.497 e. The highest BCUT2D eigenvalue weighted by molar-refractivity contribution is 5.81. The van der Waals surface area contributed by atoms with Crippen LogP contribution in [0.3, 0.4) is 0 Å². The Kier molecular flexibility index (Phi) is 4.01. The average molecular weight is 328 g/mol. The van der Waals surface area contributed by atoms with Gasteiger partial charge in [-0.15, -0.1) is 6.58 Å². The van der Waals surface area contributed by atoms with Crippen molar-refractivity contribution in [3.8, 4) is 5.75 Å². The molecular weight excluding hydrogens is 303 g/mol. The fourth-order valence-electron chi connectivity index (χ4n) is 4.66. The predicted molar refractivity (Wildman–Crippen MR) is 91.8 cm³/mol. The fourth-order valence-corrected chi connectivity index (χ4v) is 4.66. The lowest BCUT2D eigenvalue weighted by Crippen LogP contribution is -3.19. The van der Waals surface area contributed by atoms with Gasteiger partial charge >= 0.3 is 0 Å². The van der Waals surface area contributed by atoms with Crippen molar-refractivity contribution in [2.45, 2.75) is 25.1 Å². The van der Waals surface area contributed by atoms with Gasteiger partial charge in [0, 0.05) is 36.5 Å². The molecule has 3 aliphatic rings. The molecule has 2 N–H and O–H groups in total. The van der Waals surface area contributed by atoms with Gasteiger partial charge in [0.25, 0.3) is 0 Å². The molecule has 3 saturated heterocycles. The zero-order valence-electron chi connectivity index (χ0n) is 14.1. The van der Waals surface area contributed by atoms with Crippen LogP contribution in [0.25, 0.3) is 10.9 Å². The highest BCUT2D eigenvalue weighted by Crippen LogP contribution is 2.36. The van der Waals surface area contributed by atoms with E-state index in [-0.39, 0.29) is 6.04 Å². The van der Waals surface area contributed by atoms with Gasteiger partial charge in [-0.2, -0.15) is 0 Å². The molecule has 4 heterocycles. The van der Waals surface area contributed by atoms with E-state index < -0.39 is 6.17 Å². The van der Waals surface area contributed by atoms with Crippen LogP contribution in [-0.4, -0.2) is 26.2 Å². The lowest BCUT2D eigenvalue weighted by molar-refractivity contribution is -0.949. The van der Waals surface area contributed by atoms with Gasteiger partial charge in [-0.1, -0.05) is 6.08 Å². The summed E-state index contributed by atoms with van der Waals surface area (Å²) >= 11 is 0. The van der Waals surface area contributed by atoms with Gasteiger partial charge in [0.05, 0.1) is 25.6 Å². The van der Waals surface area contributed by atoms with Crippen LogP contribution in [-0.2, 0) is 0 Å². The minimum absolute atomic E-state index is 0.0525. The summed E-state index contributed by atoms with van der Waals surface area (Å²) in [6, 6.07) is 7.74. The second kappa shape index (κ2) is 6.17. The number of quaternary nitrogens is 1. The molecule has 0 spiro atoms. The predicted octanol–water partition coefficient (Wildman–Crippen LogP) is 2.15. The number of ether oxygens (including phenoxy) is 1. The quantitative estimate of drug-likeness (QED) is 0.856. The molecule has 5 rings (SSSR count). The van der Waals surface area contributed by atoms with Gasteiger partial charge < -0.3 is 9.64 Å². The normalized spacial score (nSPS) is 30.2. The van der Waals surface area contributed by atoms with Crippen molar-refractivity contribution in [3.63, 3.8) is 0 Å². The Balaban J connectivity index is 1.69. The Morgan fingerprint density at radius 2 is 2.29 bits per heavy atom. The van der Waals surface area contributed by atoms with Crippen LogP contribution in [0.4, 0.5) is 4.39 Å². The Hall–Kier alpha value is -1.94. The van der Waals surface area contributed by atoms with Crippen molar-refractivity contribution in [1.29, 1.82) is 0 Å². The van der Waals surface area contributed by atoms with Crippen molar-refractivity contribution in [2.75, 3.05) is 20.2 Å². The molecule has 2 aromatic rings. The number of rotatable bonds is 4. The Morgan fingerprint density at radius 1 is 1.42 bits per heavy atom. The molecule has 3 fully saturated rings. The summed E-state index contributed by atoms with van der Waals surface area (Å²) in [4.78, 5) is 4.61. The zero-order valence-corrected chi connectivity index (χ0v) is 14.1. The summed E-state index contributed by atoms with van der Waals surface area (Å²) in [5, 5.41) is 0.923. The van der Waals surface area contributed by atoms with Gasteiger partial charge in [-0.25, -0.2) is 9.37 Å². The molecule has 126 valence electrons. The topological polar surface area (TPSA) is 27.8 Å². The molecular formula is C20H25FN2O+2. The van der Waals surface area contributed by atoms with E-state index >= 15 is 4.39 Å². The largest absolute Gasteiger partial charge is 0.497 e. The Morgan fingerprint density at radius 3 is 3.00 bits per heavy atom. The number of nitrogens with one attached hydrogen (secondary N) is 2. The highest BCUT2D eigenvalue weighted by Gasteiger charge is 2.46. The Bertz CT molecular complexity index is 762. The van der Waals surface area contributed by atoms with E-state index in [0.29, 0.717) is 11.8 Å². The number of aromatic nitrogens is 1. The van der Waals surface area contributed by atoms with E-state index in [1.807, 2.05) is 30.5 Å². The van der Waals surface area contributed by atoms with Gasteiger partial charge in [-0.05, 0) is 18.1 Å². The van der Waals surface area contributed by atoms with Crippen LogP contribution >= 0.6 is 0 Å². The monoisotopic (exact) mass is 328 g/mol. The van der Waals surface area contributed by atoms with Gasteiger partial charge in [0.1, 0.15) is 11.8 Å². The number of aromatic amines is 1. The average Bonchev–Trinajstić information content (AvgIpc) is 2.66. The van der Waals surface area contributed by atoms with Crippen LogP contribution in [0, 0.1) is 11.8 Å². The minimum atomic E-state index is -0.947. The molecule has 2 bridgehead atoms. The molecule has 4 heteroatoms. The number of H-pyrrole nitrogens is 1. The number of halogens is 1. The summed E-state index contributed by atoms with van der Waals surface area (Å²) in [5.74, 6) is 1.91. The SMILES string of the molecule is C=C[C@H]1C[NH+]2CC[C@H]1C[C@@H]2[C@H](F)c1cc[nH+]c2ccc(OC)cc12. The maximum Gasteiger partial charge on any atom is 0.211 e. The second-order valence-electron chi connectivity index (χ2n) is 7.15. The van der Waals surface area contributed by atoms with Crippen LogP contribution in [0.2, 0.25) is 0 Å². The third-order valence-electron chi connectivity index (χ3n) is 6.01. The number of hydrogen-bond donors (Lipinski definition) is 1. The summed E-state index contributed by atoms with van der Waals surface area (Å²) in [5.41, 5.74) is 1.73. The molecule has 5 atom stereocenters. The van der Waals surface area contributed by atoms with E-state index in [9.17, 15) is 0 Å². The number of fused-ring (bicyclic) bond motifs is 4. The molecule has 1 unspecified atom stereocenters. The van der Waals surface area contributed by atoms with E-state index in [2.05, 4.69) is 17.6 Å². The Labute approximate surface area is 142 Å². The van der Waals surface area contributed by atoms with E-state index in [0.717, 1.165) is 41.7 Å². The van der Waals surface area contributed by atoms with Crippen LogP contribution < -0.4 is 14.6 Å². The summed E-state index contributed by atoms with van der Waals surface area (Å²) < 4.78 is 20.9. The first-order valence-corrected chi connectivity index (χ1v) is 8.81. The first kappa shape index (κ1) is 15.6. The van der Waals surface area contributed by atoms with E-state index in [1.165, 1.54) is 11.3 Å². The number of methoxy groups -OCH3 is 1. The van der Waals surface area contributed by atoms with Crippen LogP contribution in [0.1, 0.15) is 24.6 Å². The zero-order chi connectivity index (χ0) is 16.7. The third-order valence-corrected chi connectivity index (χ3v) is 6.01. The maximum absolute atomic E-state index is 15.6. The number of pyridine rings is 1. The van der Waals surface area contributed by atoms with Crippen molar-refractivity contribution < 1.29 is 19.0 Å². The smallest absolute Gasteiger partial charge is 0.211 e. The molecule has 3 nitrogen and oxygen atoms in total. The number of piperidine rings is 3. The lowest BCUT2D eigenvalue weighted by atomic mass is 9.74. The molecule has 0 aliphatic carbocycles. The van der Waals surface area contributed by atoms with E-state index in [1.54, 1.807) is 7.11 Å². The number of alkyl halides is 1. The molecule has 3 aliphatic heterocycles. The van der Waals surface area contributed by atoms with Crippen molar-refractivity contribution in [2.24, 2.45) is 11.8 Å². The van der Waals surface area contributed by atoms with Crippen LogP contribution in [0.5, 0.6) is 5.75 Å². The standard InChI is InChI=1S/C20H23FN2O/c1-3-13-12-23-9-7-14(13)10-19(23)20(21)16-6-8-22-18-5-4-15(24-2)11-17(16)18/h3-6,8,11,13-14,19-20H,1,7,9-10,12H2,2H3/p+2/t13-,14-,19+,20+/m0/s1. The number of benzene rings is 1. The molecule has 0 saturated carbocycles. The highest BCUT2D eigenvalue weighted by atomic mass is 19.1. The fraction of sp³-hybridized carbons (Fsp3) is 0.450. The molecule has 1 aromatic heterocycles. The summed E-state index contributed by atoms with van der Waals surface area (Å²) in [6.45, 7) is 6.08. The third kappa shape index (κ3) is 2.49. The summed E-state index contributed by atoms with van der Waals surface area (Å²) in [6.07, 6.45) is 5.13.